The molecule has 1 aliphatic rings. The molecular formula is C54H40N2. The maximum Gasteiger partial charge on any atom is 0.0462 e. The summed E-state index contributed by atoms with van der Waals surface area (Å²) in [5, 5.41) is 5.01. The molecule has 1 heterocycles. The van der Waals surface area contributed by atoms with Crippen LogP contribution in [0.1, 0.15) is 30.5 Å². The van der Waals surface area contributed by atoms with E-state index in [-0.39, 0.29) is 5.41 Å². The van der Waals surface area contributed by atoms with Crippen LogP contribution in [0.2, 0.25) is 0 Å². The molecule has 2 nitrogen and oxygen atoms in total. The Labute approximate surface area is 328 Å². The average Bonchev–Trinajstić information content (AvgIpc) is 3.54. The molecule has 0 saturated heterocycles. The molecule has 266 valence electrons. The summed E-state index contributed by atoms with van der Waals surface area (Å²) in [5.74, 6) is 0. The number of nitrogens with zero attached hydrogens (tertiary/aromatic N) is 2. The molecular weight excluding hydrogens is 677 g/mol. The van der Waals surface area contributed by atoms with Gasteiger partial charge in [-0.25, -0.2) is 0 Å². The van der Waals surface area contributed by atoms with Crippen molar-refractivity contribution in [2.24, 2.45) is 0 Å². The Balaban J connectivity index is 0.974. The summed E-state index contributed by atoms with van der Waals surface area (Å²) in [6.07, 6.45) is 6.21. The second-order valence-electron chi connectivity index (χ2n) is 15.3. The highest BCUT2D eigenvalue weighted by atomic mass is 15.1. The van der Waals surface area contributed by atoms with Gasteiger partial charge in [-0.3, -0.25) is 4.98 Å². The van der Waals surface area contributed by atoms with Crippen LogP contribution in [0, 0.1) is 0 Å². The van der Waals surface area contributed by atoms with Crippen molar-refractivity contribution < 1.29 is 0 Å². The number of benzene rings is 8. The largest absolute Gasteiger partial charge is 0.311 e. The lowest BCUT2D eigenvalue weighted by atomic mass is 9.79. The van der Waals surface area contributed by atoms with E-state index in [0.717, 1.165) is 17.1 Å². The second-order valence-corrected chi connectivity index (χ2v) is 15.3. The fourth-order valence-corrected chi connectivity index (χ4v) is 8.41. The Morgan fingerprint density at radius 2 is 0.786 bits per heavy atom. The summed E-state index contributed by atoms with van der Waals surface area (Å²) >= 11 is 0. The third-order valence-electron chi connectivity index (χ3n) is 11.6. The van der Waals surface area contributed by atoms with Gasteiger partial charge in [0.15, 0.2) is 0 Å². The highest BCUT2D eigenvalue weighted by molar-refractivity contribution is 5.94. The molecule has 0 radical (unpaired) electrons. The quantitative estimate of drug-likeness (QED) is 0.163. The van der Waals surface area contributed by atoms with Gasteiger partial charge >= 0.3 is 0 Å². The summed E-state index contributed by atoms with van der Waals surface area (Å²) < 4.78 is 0. The monoisotopic (exact) mass is 716 g/mol. The van der Waals surface area contributed by atoms with Crippen molar-refractivity contribution in [3.05, 3.63) is 217 Å². The van der Waals surface area contributed by atoms with E-state index in [1.807, 2.05) is 12.4 Å². The Morgan fingerprint density at radius 1 is 0.393 bits per heavy atom. The zero-order valence-electron chi connectivity index (χ0n) is 31.5. The first-order valence-electron chi connectivity index (χ1n) is 19.3. The van der Waals surface area contributed by atoms with Crippen molar-refractivity contribution in [3.63, 3.8) is 0 Å². The lowest BCUT2D eigenvalue weighted by Crippen LogP contribution is -2.16. The number of hydrogen-bond donors (Lipinski definition) is 0. The summed E-state index contributed by atoms with van der Waals surface area (Å²) in [5.41, 5.74) is 15.6. The second kappa shape index (κ2) is 13.7. The molecule has 56 heavy (non-hydrogen) atoms. The van der Waals surface area contributed by atoms with Gasteiger partial charge in [-0.15, -0.1) is 0 Å². The Bertz CT molecular complexity index is 2780. The molecule has 0 aliphatic heterocycles. The molecule has 1 aliphatic carbocycles. The van der Waals surface area contributed by atoms with Crippen LogP contribution >= 0.6 is 0 Å². The maximum absolute atomic E-state index is 4.41. The van der Waals surface area contributed by atoms with E-state index in [9.17, 15) is 0 Å². The van der Waals surface area contributed by atoms with Gasteiger partial charge in [-0.2, -0.15) is 0 Å². The minimum atomic E-state index is -0.0857. The minimum Gasteiger partial charge on any atom is -0.311 e. The topological polar surface area (TPSA) is 16.1 Å². The van der Waals surface area contributed by atoms with Gasteiger partial charge in [-0.05, 0) is 138 Å². The smallest absolute Gasteiger partial charge is 0.0462 e. The van der Waals surface area contributed by atoms with Gasteiger partial charge in [0, 0.05) is 34.9 Å². The predicted octanol–water partition coefficient (Wildman–Crippen LogP) is 14.7. The van der Waals surface area contributed by atoms with Gasteiger partial charge in [0.05, 0.1) is 0 Å². The molecule has 0 spiro atoms. The zero-order chi connectivity index (χ0) is 37.6. The number of hydrogen-bond acceptors (Lipinski definition) is 2. The van der Waals surface area contributed by atoms with E-state index in [1.54, 1.807) is 0 Å². The van der Waals surface area contributed by atoms with Crippen LogP contribution in [0.25, 0.3) is 66.6 Å². The van der Waals surface area contributed by atoms with Crippen LogP contribution in [0.4, 0.5) is 17.1 Å². The summed E-state index contributed by atoms with van der Waals surface area (Å²) in [6, 6.07) is 68.5. The van der Waals surface area contributed by atoms with Crippen LogP contribution in [0.5, 0.6) is 0 Å². The van der Waals surface area contributed by atoms with Crippen molar-refractivity contribution >= 4 is 50.3 Å². The van der Waals surface area contributed by atoms with Gasteiger partial charge in [0.25, 0.3) is 0 Å². The van der Waals surface area contributed by atoms with Crippen molar-refractivity contribution in [1.82, 2.24) is 4.98 Å². The molecule has 8 aromatic carbocycles. The van der Waals surface area contributed by atoms with E-state index in [1.165, 1.54) is 77.2 Å². The highest BCUT2D eigenvalue weighted by Crippen LogP contribution is 2.46. The van der Waals surface area contributed by atoms with E-state index >= 15 is 0 Å². The van der Waals surface area contributed by atoms with Gasteiger partial charge in [0.2, 0.25) is 0 Å². The van der Waals surface area contributed by atoms with E-state index < -0.39 is 0 Å². The summed E-state index contributed by atoms with van der Waals surface area (Å²) in [4.78, 5) is 6.76. The molecule has 1 aromatic heterocycles. The van der Waals surface area contributed by atoms with Crippen molar-refractivity contribution in [2.75, 3.05) is 4.90 Å². The normalized spacial score (nSPS) is 13.1. The van der Waals surface area contributed by atoms with E-state index in [0.29, 0.717) is 0 Å². The number of allylic oxidation sites excluding steroid dienone is 1. The van der Waals surface area contributed by atoms with Crippen molar-refractivity contribution in [1.29, 1.82) is 0 Å². The van der Waals surface area contributed by atoms with Crippen LogP contribution < -0.4 is 4.90 Å². The summed E-state index contributed by atoms with van der Waals surface area (Å²) in [6.45, 7) is 4.58. The molecule has 0 N–H and O–H groups in total. The molecule has 2 heteroatoms. The number of fused-ring (bicyclic) bond motifs is 3. The average molecular weight is 717 g/mol. The summed E-state index contributed by atoms with van der Waals surface area (Å²) in [7, 11) is 0. The first-order valence-corrected chi connectivity index (χ1v) is 19.3. The molecule has 0 fully saturated rings. The maximum atomic E-state index is 4.41. The van der Waals surface area contributed by atoms with Crippen LogP contribution in [0.3, 0.4) is 0 Å². The minimum absolute atomic E-state index is 0.0857. The van der Waals surface area contributed by atoms with E-state index in [2.05, 4.69) is 218 Å². The first kappa shape index (κ1) is 33.5. The Hall–Kier alpha value is -7.03. The predicted molar refractivity (Wildman–Crippen MR) is 238 cm³/mol. The standard InChI is InChI=1S/C54H40N2/c1-54(2)52(35-48-31-32-55-36-53(48)54)43-15-11-39(12-16-43)40-19-25-49(26-20-40)56(50-27-21-41(22-28-50)46-17-13-37-7-3-5-9-44(37)33-46)51-29-23-42(24-30-51)47-18-14-38-8-4-6-10-45(38)34-47/h3-36H,1-2H3. The number of rotatable bonds is 7. The first-order chi connectivity index (χ1) is 27.5. The van der Waals surface area contributed by atoms with Crippen LogP contribution in [0.15, 0.2) is 200 Å². The number of anilines is 3. The van der Waals surface area contributed by atoms with Gasteiger partial charge in [0.1, 0.15) is 0 Å². The SMILES string of the molecule is CC1(C)C(c2ccc(-c3ccc(N(c4ccc(-c5ccc6ccccc6c5)cc4)c4ccc(-c5ccc6ccccc6c5)cc4)cc3)cc2)=Cc2ccncc21. The lowest BCUT2D eigenvalue weighted by Gasteiger charge is -2.26. The molecule has 9 aromatic rings. The third-order valence-corrected chi connectivity index (χ3v) is 11.6. The third kappa shape index (κ3) is 6.06. The molecule has 0 unspecified atom stereocenters. The fraction of sp³-hybridized carbons (Fsp3) is 0.0556. The Kier molecular flexibility index (Phi) is 8.19. The lowest BCUT2D eigenvalue weighted by molar-refractivity contribution is 0.700. The Morgan fingerprint density at radius 3 is 1.25 bits per heavy atom. The van der Waals surface area contributed by atoms with Crippen molar-refractivity contribution in [2.45, 2.75) is 19.3 Å². The van der Waals surface area contributed by atoms with Gasteiger partial charge in [-0.1, -0.05) is 147 Å². The van der Waals surface area contributed by atoms with Gasteiger partial charge < -0.3 is 4.90 Å². The molecule has 10 rings (SSSR count). The molecule has 0 amide bonds. The fourth-order valence-electron chi connectivity index (χ4n) is 8.41. The number of aromatic nitrogens is 1. The van der Waals surface area contributed by atoms with Crippen LogP contribution in [-0.4, -0.2) is 4.98 Å². The number of pyridine rings is 1. The van der Waals surface area contributed by atoms with E-state index in [4.69, 9.17) is 0 Å². The molecule has 0 saturated carbocycles. The molecule has 0 bridgehead atoms. The highest BCUT2D eigenvalue weighted by Gasteiger charge is 2.33. The van der Waals surface area contributed by atoms with Crippen molar-refractivity contribution in [3.8, 4) is 33.4 Å². The van der Waals surface area contributed by atoms with Crippen LogP contribution in [-0.2, 0) is 5.41 Å². The molecule has 0 atom stereocenters. The zero-order valence-corrected chi connectivity index (χ0v) is 31.5.